The summed E-state index contributed by atoms with van der Waals surface area (Å²) in [5.74, 6) is -0.392. The number of nitrogens with zero attached hydrogens (tertiary/aromatic N) is 1. The first-order valence-corrected chi connectivity index (χ1v) is 5.55. The Bertz CT molecular complexity index is 443. The molecule has 1 heterocycles. The molecule has 1 amide bonds. The second kappa shape index (κ2) is 4.30. The Balaban J connectivity index is 2.29. The Kier molecular flexibility index (Phi) is 2.98. The van der Waals surface area contributed by atoms with Gasteiger partial charge in [-0.15, -0.1) is 0 Å². The van der Waals surface area contributed by atoms with E-state index < -0.39 is 5.41 Å². The summed E-state index contributed by atoms with van der Waals surface area (Å²) in [7, 11) is 1.44. The van der Waals surface area contributed by atoms with Crippen molar-refractivity contribution in [3.63, 3.8) is 0 Å². The lowest BCUT2D eigenvalue weighted by atomic mass is 9.81. The highest BCUT2D eigenvalue weighted by atomic mass is 16.7. The summed E-state index contributed by atoms with van der Waals surface area (Å²) in [4.78, 5) is 29.3. The summed E-state index contributed by atoms with van der Waals surface area (Å²) in [6, 6.07) is 8.90. The van der Waals surface area contributed by atoms with Crippen LogP contribution in [0.2, 0.25) is 0 Å². The van der Waals surface area contributed by atoms with E-state index in [0.717, 1.165) is 0 Å². The molecule has 1 saturated heterocycles. The molecule has 0 N–H and O–H groups in total. The van der Waals surface area contributed by atoms with E-state index in [-0.39, 0.29) is 11.7 Å². The lowest BCUT2D eigenvalue weighted by molar-refractivity contribution is -0.171. The number of rotatable bonds is 3. The maximum atomic E-state index is 12.3. The van der Waals surface area contributed by atoms with Crippen LogP contribution in [-0.2, 0) is 9.63 Å². The van der Waals surface area contributed by atoms with Gasteiger partial charge in [-0.25, -0.2) is 5.06 Å². The molecule has 17 heavy (non-hydrogen) atoms. The van der Waals surface area contributed by atoms with Crippen molar-refractivity contribution in [3.8, 4) is 0 Å². The number of Topliss-reactive ketones (excluding diaryl/α,β-unsaturated/α-hetero) is 1. The predicted molar refractivity (Wildman–Crippen MR) is 62.2 cm³/mol. The van der Waals surface area contributed by atoms with Crippen LogP contribution < -0.4 is 0 Å². The minimum absolute atomic E-state index is 0.136. The summed E-state index contributed by atoms with van der Waals surface area (Å²) < 4.78 is 0. The molecule has 1 atom stereocenters. The molecule has 1 aromatic carbocycles. The number of amides is 1. The molecule has 0 unspecified atom stereocenters. The maximum absolute atomic E-state index is 12.3. The van der Waals surface area contributed by atoms with Crippen LogP contribution in [0.1, 0.15) is 23.7 Å². The fraction of sp³-hybridized carbons (Fsp3) is 0.385. The van der Waals surface area contributed by atoms with E-state index in [1.54, 1.807) is 31.2 Å². The third kappa shape index (κ3) is 1.85. The normalized spacial score (nSPS) is 24.1. The predicted octanol–water partition coefficient (Wildman–Crippen LogP) is 1.67. The van der Waals surface area contributed by atoms with Gasteiger partial charge in [-0.05, 0) is 13.3 Å². The van der Waals surface area contributed by atoms with E-state index >= 15 is 0 Å². The molecule has 0 aromatic heterocycles. The zero-order chi connectivity index (χ0) is 12.5. The number of benzene rings is 1. The molecular formula is C13H15NO3. The van der Waals surface area contributed by atoms with Crippen molar-refractivity contribution in [1.82, 2.24) is 5.06 Å². The van der Waals surface area contributed by atoms with Crippen LogP contribution in [0.5, 0.6) is 0 Å². The van der Waals surface area contributed by atoms with Gasteiger partial charge in [0.2, 0.25) is 0 Å². The molecular weight excluding hydrogens is 218 g/mol. The first-order chi connectivity index (χ1) is 8.09. The van der Waals surface area contributed by atoms with Crippen molar-refractivity contribution in [2.75, 3.05) is 13.7 Å². The third-order valence-electron chi connectivity index (χ3n) is 3.27. The molecule has 0 radical (unpaired) electrons. The van der Waals surface area contributed by atoms with Crippen molar-refractivity contribution >= 4 is 11.7 Å². The summed E-state index contributed by atoms with van der Waals surface area (Å²) in [6.07, 6.45) is 0.493. The summed E-state index contributed by atoms with van der Waals surface area (Å²) in [5.41, 5.74) is -0.418. The summed E-state index contributed by atoms with van der Waals surface area (Å²) in [5, 5.41) is 1.25. The molecule has 2 rings (SSSR count). The van der Waals surface area contributed by atoms with Crippen LogP contribution in [0.25, 0.3) is 0 Å². The van der Waals surface area contributed by atoms with E-state index in [2.05, 4.69) is 0 Å². The lowest BCUT2D eigenvalue weighted by Crippen LogP contribution is -2.37. The first kappa shape index (κ1) is 11.8. The Morgan fingerprint density at radius 1 is 1.35 bits per heavy atom. The van der Waals surface area contributed by atoms with Crippen LogP contribution in [0.4, 0.5) is 0 Å². The monoisotopic (exact) mass is 233 g/mol. The molecule has 1 aromatic rings. The van der Waals surface area contributed by atoms with Crippen molar-refractivity contribution in [3.05, 3.63) is 35.9 Å². The molecule has 0 aliphatic carbocycles. The first-order valence-electron chi connectivity index (χ1n) is 5.55. The van der Waals surface area contributed by atoms with E-state index in [0.29, 0.717) is 18.5 Å². The van der Waals surface area contributed by atoms with Gasteiger partial charge in [0.05, 0.1) is 13.7 Å². The Morgan fingerprint density at radius 2 is 2.00 bits per heavy atom. The minimum atomic E-state index is -0.989. The third-order valence-corrected chi connectivity index (χ3v) is 3.27. The van der Waals surface area contributed by atoms with E-state index in [4.69, 9.17) is 4.84 Å². The van der Waals surface area contributed by atoms with Gasteiger partial charge < -0.3 is 0 Å². The molecule has 0 bridgehead atoms. The molecule has 1 fully saturated rings. The van der Waals surface area contributed by atoms with Gasteiger partial charge in [0.25, 0.3) is 5.91 Å². The van der Waals surface area contributed by atoms with E-state index in [1.165, 1.54) is 12.2 Å². The van der Waals surface area contributed by atoms with Crippen molar-refractivity contribution in [2.24, 2.45) is 5.41 Å². The fourth-order valence-electron chi connectivity index (χ4n) is 2.10. The highest BCUT2D eigenvalue weighted by molar-refractivity contribution is 6.14. The highest BCUT2D eigenvalue weighted by Crippen LogP contribution is 2.34. The van der Waals surface area contributed by atoms with Gasteiger partial charge in [0.15, 0.2) is 5.78 Å². The molecule has 0 saturated carbocycles. The van der Waals surface area contributed by atoms with Crippen molar-refractivity contribution in [2.45, 2.75) is 13.3 Å². The Hall–Kier alpha value is -1.68. The minimum Gasteiger partial charge on any atom is -0.293 e. The largest absolute Gasteiger partial charge is 0.293 e. The van der Waals surface area contributed by atoms with Gasteiger partial charge in [0, 0.05) is 5.56 Å². The SMILES string of the molecule is CON1CC[C@@](C)(C(=O)c2ccccc2)C1=O. The van der Waals surface area contributed by atoms with Crippen molar-refractivity contribution in [1.29, 1.82) is 0 Å². The molecule has 4 heteroatoms. The standard InChI is InChI=1S/C13H15NO3/c1-13(8-9-14(17-2)12(13)16)11(15)10-6-4-3-5-7-10/h3-7H,8-9H2,1-2H3/t13-/m0/s1. The molecule has 4 nitrogen and oxygen atoms in total. The number of carbonyl (C=O) groups is 2. The average Bonchev–Trinajstić information content (AvgIpc) is 2.67. The van der Waals surface area contributed by atoms with Crippen LogP contribution in [0, 0.1) is 5.41 Å². The van der Waals surface area contributed by atoms with E-state index in [9.17, 15) is 9.59 Å². The quantitative estimate of drug-likeness (QED) is 0.589. The van der Waals surface area contributed by atoms with Crippen LogP contribution in [0.3, 0.4) is 0 Å². The summed E-state index contributed by atoms with van der Waals surface area (Å²) >= 11 is 0. The van der Waals surface area contributed by atoms with Crippen LogP contribution >= 0.6 is 0 Å². The number of hydrogen-bond acceptors (Lipinski definition) is 3. The lowest BCUT2D eigenvalue weighted by Gasteiger charge is -2.20. The average molecular weight is 233 g/mol. The Morgan fingerprint density at radius 3 is 2.53 bits per heavy atom. The van der Waals surface area contributed by atoms with Gasteiger partial charge >= 0.3 is 0 Å². The number of carbonyl (C=O) groups excluding carboxylic acids is 2. The zero-order valence-electron chi connectivity index (χ0n) is 9.97. The fourth-order valence-corrected chi connectivity index (χ4v) is 2.10. The smallest absolute Gasteiger partial charge is 0.259 e. The highest BCUT2D eigenvalue weighted by Gasteiger charge is 2.49. The van der Waals surface area contributed by atoms with Crippen LogP contribution in [-0.4, -0.2) is 30.4 Å². The van der Waals surface area contributed by atoms with Crippen LogP contribution in [0.15, 0.2) is 30.3 Å². The van der Waals surface area contributed by atoms with E-state index in [1.807, 2.05) is 6.07 Å². The van der Waals surface area contributed by atoms with Gasteiger partial charge in [-0.2, -0.15) is 0 Å². The number of ketones is 1. The second-order valence-electron chi connectivity index (χ2n) is 4.37. The number of hydroxylamine groups is 2. The maximum Gasteiger partial charge on any atom is 0.259 e. The molecule has 0 spiro atoms. The summed E-state index contributed by atoms with van der Waals surface area (Å²) in [6.45, 7) is 2.15. The zero-order valence-corrected chi connectivity index (χ0v) is 9.97. The van der Waals surface area contributed by atoms with Gasteiger partial charge in [0.1, 0.15) is 5.41 Å². The number of hydrogen-bond donors (Lipinski definition) is 0. The van der Waals surface area contributed by atoms with Gasteiger partial charge in [-0.3, -0.25) is 14.4 Å². The topological polar surface area (TPSA) is 46.6 Å². The molecule has 1 aliphatic heterocycles. The van der Waals surface area contributed by atoms with Crippen molar-refractivity contribution < 1.29 is 14.4 Å². The molecule has 1 aliphatic rings. The molecule has 90 valence electrons. The second-order valence-corrected chi connectivity index (χ2v) is 4.37. The Labute approximate surface area is 100 Å². The van der Waals surface area contributed by atoms with Gasteiger partial charge in [-0.1, -0.05) is 30.3 Å².